The van der Waals surface area contributed by atoms with Crippen molar-refractivity contribution in [1.82, 2.24) is 14.8 Å². The van der Waals surface area contributed by atoms with Gasteiger partial charge in [-0.15, -0.1) is 11.3 Å². The van der Waals surface area contributed by atoms with E-state index in [1.54, 1.807) is 24.3 Å². The fraction of sp³-hybridized carbons (Fsp3) is 0.786. The number of nitrogens with zero attached hydrogens (tertiary/aromatic N) is 3. The summed E-state index contributed by atoms with van der Waals surface area (Å²) in [5, 5.41) is 13.0. The van der Waals surface area contributed by atoms with E-state index in [1.165, 1.54) is 11.3 Å². The quantitative estimate of drug-likeness (QED) is 0.343. The second-order valence-electron chi connectivity index (χ2n) is 11.2. The van der Waals surface area contributed by atoms with Gasteiger partial charge in [0.1, 0.15) is 11.1 Å². The Morgan fingerprint density at radius 3 is 2.35 bits per heavy atom. The molecule has 4 atom stereocenters. The minimum Gasteiger partial charge on any atom is -0.461 e. The molecule has 0 spiro atoms. The molecule has 0 bridgehead atoms. The van der Waals surface area contributed by atoms with E-state index in [4.69, 9.17) is 4.74 Å². The summed E-state index contributed by atoms with van der Waals surface area (Å²) in [5.74, 6) is -0.755. The van der Waals surface area contributed by atoms with Crippen LogP contribution in [0.2, 0.25) is 0 Å². The third-order valence-corrected chi connectivity index (χ3v) is 8.95. The third kappa shape index (κ3) is 7.83. The Morgan fingerprint density at radius 1 is 1.19 bits per heavy atom. The lowest BCUT2D eigenvalue weighted by molar-refractivity contribution is -0.144. The van der Waals surface area contributed by atoms with E-state index in [9.17, 15) is 19.5 Å². The molecule has 1 amide bonds. The summed E-state index contributed by atoms with van der Waals surface area (Å²) in [6, 6.07) is -0.259. The number of aromatic nitrogens is 1. The van der Waals surface area contributed by atoms with Crippen molar-refractivity contribution >= 4 is 29.0 Å². The van der Waals surface area contributed by atoms with Crippen molar-refractivity contribution < 1.29 is 24.2 Å². The number of carbonyl (C=O) groups is 3. The van der Waals surface area contributed by atoms with Crippen molar-refractivity contribution in [1.29, 1.82) is 0 Å². The van der Waals surface area contributed by atoms with Crippen LogP contribution in [0.25, 0.3) is 0 Å². The number of rotatable bonds is 14. The average Bonchev–Trinajstić information content (AvgIpc) is 3.57. The standard InChI is InChI=1S/C28H47N3O5S/c1-9-19(5)20(15-24(33)28(6,7)31-13-11-12-14-31)26(34)30(8)22(18(3)4)16-23(32)25-29-21(17-37-25)27(35)36-10-2/h17-20,22-23,32H,9-16H2,1-8H3/t19-,20-,22+,23+/m0/s1. The molecule has 0 aliphatic carbocycles. The predicted molar refractivity (Wildman–Crippen MR) is 146 cm³/mol. The summed E-state index contributed by atoms with van der Waals surface area (Å²) in [6.45, 7) is 15.9. The van der Waals surface area contributed by atoms with E-state index in [-0.39, 0.29) is 54.7 Å². The van der Waals surface area contributed by atoms with Crippen LogP contribution >= 0.6 is 11.3 Å². The first-order chi connectivity index (χ1) is 17.3. The Bertz CT molecular complexity index is 909. The predicted octanol–water partition coefficient (Wildman–Crippen LogP) is 4.72. The molecule has 1 saturated heterocycles. The fourth-order valence-electron chi connectivity index (χ4n) is 5.09. The number of amides is 1. The lowest BCUT2D eigenvalue weighted by atomic mass is 9.81. The van der Waals surface area contributed by atoms with Gasteiger partial charge in [-0.1, -0.05) is 34.1 Å². The lowest BCUT2D eigenvalue weighted by Crippen LogP contribution is -2.51. The van der Waals surface area contributed by atoms with Gasteiger partial charge in [0.2, 0.25) is 5.91 Å². The summed E-state index contributed by atoms with van der Waals surface area (Å²) in [7, 11) is 1.77. The molecule has 0 radical (unpaired) electrons. The highest BCUT2D eigenvalue weighted by Crippen LogP contribution is 2.32. The van der Waals surface area contributed by atoms with Crippen LogP contribution < -0.4 is 0 Å². The molecule has 37 heavy (non-hydrogen) atoms. The average molecular weight is 538 g/mol. The Labute approximate surface area is 226 Å². The molecule has 1 aromatic heterocycles. The van der Waals surface area contributed by atoms with E-state index in [0.717, 1.165) is 32.4 Å². The first-order valence-corrected chi connectivity index (χ1v) is 14.6. The zero-order valence-corrected chi connectivity index (χ0v) is 24.8. The maximum absolute atomic E-state index is 13.9. The van der Waals surface area contributed by atoms with Crippen molar-refractivity contribution in [3.63, 3.8) is 0 Å². The number of aliphatic hydroxyl groups is 1. The molecule has 1 aromatic rings. The molecule has 8 nitrogen and oxygen atoms in total. The van der Waals surface area contributed by atoms with Crippen LogP contribution in [0.3, 0.4) is 0 Å². The van der Waals surface area contributed by atoms with Crippen molar-refractivity contribution in [2.45, 2.75) is 98.3 Å². The summed E-state index contributed by atoms with van der Waals surface area (Å²) in [6.07, 6.45) is 2.58. The summed E-state index contributed by atoms with van der Waals surface area (Å²) < 4.78 is 5.00. The van der Waals surface area contributed by atoms with E-state index >= 15 is 0 Å². The maximum atomic E-state index is 13.9. The molecule has 1 N–H and O–H groups in total. The van der Waals surface area contributed by atoms with Gasteiger partial charge in [-0.3, -0.25) is 14.5 Å². The number of thiazole rings is 1. The Balaban J connectivity index is 2.18. The van der Waals surface area contributed by atoms with Gasteiger partial charge < -0.3 is 14.7 Å². The number of likely N-dealkylation sites (tertiary alicyclic amines) is 1. The Hall–Kier alpha value is -1.84. The van der Waals surface area contributed by atoms with Crippen LogP contribution in [0.1, 0.15) is 102 Å². The first-order valence-electron chi connectivity index (χ1n) is 13.7. The van der Waals surface area contributed by atoms with Crippen LogP contribution in [-0.4, -0.2) is 75.9 Å². The van der Waals surface area contributed by atoms with Crippen molar-refractivity contribution in [3.8, 4) is 0 Å². The molecule has 1 fully saturated rings. The molecule has 210 valence electrons. The number of ketones is 1. The number of esters is 1. The van der Waals surface area contributed by atoms with E-state index in [2.05, 4.69) is 9.88 Å². The van der Waals surface area contributed by atoms with Crippen molar-refractivity contribution in [2.75, 3.05) is 26.7 Å². The molecule has 9 heteroatoms. The minimum absolute atomic E-state index is 0.0529. The second-order valence-corrected chi connectivity index (χ2v) is 12.1. The molecule has 2 rings (SSSR count). The zero-order valence-electron chi connectivity index (χ0n) is 24.0. The Morgan fingerprint density at radius 2 is 1.81 bits per heavy atom. The van der Waals surface area contributed by atoms with Crippen LogP contribution in [-0.2, 0) is 14.3 Å². The van der Waals surface area contributed by atoms with E-state index in [0.29, 0.717) is 5.01 Å². The van der Waals surface area contributed by atoms with Gasteiger partial charge in [0.05, 0.1) is 12.1 Å². The van der Waals surface area contributed by atoms with Gasteiger partial charge in [0.15, 0.2) is 11.5 Å². The molecule has 2 heterocycles. The molecule has 0 aromatic carbocycles. The van der Waals surface area contributed by atoms with Gasteiger partial charge in [0.25, 0.3) is 0 Å². The molecular weight excluding hydrogens is 490 g/mol. The topological polar surface area (TPSA) is 100 Å². The molecule has 1 aliphatic rings. The molecule has 1 aliphatic heterocycles. The van der Waals surface area contributed by atoms with Crippen LogP contribution in [0.4, 0.5) is 0 Å². The number of Topliss-reactive ketones (excluding diaryl/α,β-unsaturated/α-hetero) is 1. The summed E-state index contributed by atoms with van der Waals surface area (Å²) >= 11 is 1.21. The van der Waals surface area contributed by atoms with Gasteiger partial charge in [-0.05, 0) is 58.5 Å². The highest BCUT2D eigenvalue weighted by atomic mass is 32.1. The number of hydrogen-bond donors (Lipinski definition) is 1. The highest BCUT2D eigenvalue weighted by molar-refractivity contribution is 7.09. The van der Waals surface area contributed by atoms with E-state index in [1.807, 2.05) is 41.5 Å². The summed E-state index contributed by atoms with van der Waals surface area (Å²) in [4.78, 5) is 47.5. The normalized spacial score (nSPS) is 17.9. The van der Waals surface area contributed by atoms with Crippen molar-refractivity contribution in [2.24, 2.45) is 17.8 Å². The monoisotopic (exact) mass is 537 g/mol. The lowest BCUT2D eigenvalue weighted by Gasteiger charge is -2.38. The Kier molecular flexibility index (Phi) is 11.7. The van der Waals surface area contributed by atoms with Crippen LogP contribution in [0, 0.1) is 17.8 Å². The molecular formula is C28H47N3O5S. The van der Waals surface area contributed by atoms with E-state index < -0.39 is 23.5 Å². The first kappa shape index (κ1) is 31.4. The number of carbonyl (C=O) groups excluding carboxylic acids is 3. The second kappa shape index (κ2) is 13.8. The van der Waals surface area contributed by atoms with Gasteiger partial charge in [-0.2, -0.15) is 0 Å². The minimum atomic E-state index is -0.923. The van der Waals surface area contributed by atoms with Crippen LogP contribution in [0.15, 0.2) is 5.38 Å². The summed E-state index contributed by atoms with van der Waals surface area (Å²) in [5.41, 5.74) is -0.404. The van der Waals surface area contributed by atoms with Gasteiger partial charge in [0, 0.05) is 37.2 Å². The van der Waals surface area contributed by atoms with Gasteiger partial charge >= 0.3 is 5.97 Å². The van der Waals surface area contributed by atoms with Crippen LogP contribution in [0.5, 0.6) is 0 Å². The number of aliphatic hydroxyl groups excluding tert-OH is 1. The molecule has 0 unspecified atom stereocenters. The smallest absolute Gasteiger partial charge is 0.357 e. The maximum Gasteiger partial charge on any atom is 0.357 e. The third-order valence-electron chi connectivity index (χ3n) is 8.00. The zero-order chi connectivity index (χ0) is 27.9. The SMILES string of the molecule is CCOC(=O)c1csc([C@H](O)C[C@H](C(C)C)N(C)C(=O)[C@@H](CC(=O)C(C)(C)N2CCCC2)[C@@H](C)CC)n1. The van der Waals surface area contributed by atoms with Crippen molar-refractivity contribution in [3.05, 3.63) is 16.1 Å². The fourth-order valence-corrected chi connectivity index (χ4v) is 5.88. The largest absolute Gasteiger partial charge is 0.461 e. The highest BCUT2D eigenvalue weighted by Gasteiger charge is 2.40. The van der Waals surface area contributed by atoms with Gasteiger partial charge in [-0.25, -0.2) is 9.78 Å². The number of hydrogen-bond acceptors (Lipinski definition) is 8. The molecule has 0 saturated carbocycles. The number of ether oxygens (including phenoxy) is 1.